The molecule has 4 N–H and O–H groups in total. The van der Waals surface area contributed by atoms with Crippen molar-refractivity contribution in [3.8, 4) is 0 Å². The van der Waals surface area contributed by atoms with Crippen LogP contribution in [0.4, 0.5) is 4.79 Å². The molecule has 0 heterocycles. The lowest BCUT2D eigenvalue weighted by Gasteiger charge is -2.40. The Labute approximate surface area is 120 Å². The third kappa shape index (κ3) is 4.45. The first-order chi connectivity index (χ1) is 9.46. The highest BCUT2D eigenvalue weighted by atomic mass is 16.5. The van der Waals surface area contributed by atoms with Gasteiger partial charge in [-0.05, 0) is 38.5 Å². The molecule has 1 aliphatic carbocycles. The Hall–Kier alpha value is -1.14. The summed E-state index contributed by atoms with van der Waals surface area (Å²) in [6, 6.07) is -0.526. The average Bonchev–Trinajstić information content (AvgIpc) is 2.47. The van der Waals surface area contributed by atoms with Crippen LogP contribution in [0.2, 0.25) is 0 Å². The van der Waals surface area contributed by atoms with Crippen molar-refractivity contribution in [2.24, 2.45) is 11.7 Å². The minimum Gasteiger partial charge on any atom is -0.361 e. The third-order valence-corrected chi connectivity index (χ3v) is 4.23. The van der Waals surface area contributed by atoms with Crippen molar-refractivity contribution in [3.63, 3.8) is 0 Å². The molecule has 0 aliphatic heterocycles. The number of nitrogens with two attached hydrogens (primary N) is 1. The molecule has 6 heteroatoms. The van der Waals surface area contributed by atoms with Gasteiger partial charge in [0.15, 0.2) is 0 Å². The fourth-order valence-corrected chi connectivity index (χ4v) is 2.69. The second-order valence-corrected chi connectivity index (χ2v) is 5.57. The number of amides is 3. The number of hydrogen-bond acceptors (Lipinski definition) is 4. The van der Waals surface area contributed by atoms with E-state index < -0.39 is 23.6 Å². The highest BCUT2D eigenvalue weighted by molar-refractivity contribution is 5.96. The molecule has 1 unspecified atom stereocenters. The van der Waals surface area contributed by atoms with Gasteiger partial charge in [0.2, 0.25) is 0 Å². The molecule has 3 amide bonds. The van der Waals surface area contributed by atoms with Crippen molar-refractivity contribution >= 4 is 11.9 Å². The van der Waals surface area contributed by atoms with Gasteiger partial charge in [-0.15, -0.1) is 0 Å². The average molecular weight is 285 g/mol. The first kappa shape index (κ1) is 16.9. The Morgan fingerprint density at radius 1 is 1.40 bits per heavy atom. The molecule has 1 fully saturated rings. The van der Waals surface area contributed by atoms with Crippen LogP contribution < -0.4 is 16.4 Å². The van der Waals surface area contributed by atoms with Crippen molar-refractivity contribution in [1.29, 1.82) is 0 Å². The predicted molar refractivity (Wildman–Crippen MR) is 77.2 cm³/mol. The van der Waals surface area contributed by atoms with Crippen LogP contribution in [0.15, 0.2) is 0 Å². The van der Waals surface area contributed by atoms with Crippen molar-refractivity contribution in [2.75, 3.05) is 13.6 Å². The van der Waals surface area contributed by atoms with Gasteiger partial charge in [-0.1, -0.05) is 13.3 Å². The summed E-state index contributed by atoms with van der Waals surface area (Å²) in [7, 11) is 1.46. The zero-order valence-electron chi connectivity index (χ0n) is 12.7. The molecule has 0 aromatic rings. The molecule has 1 atom stereocenters. The summed E-state index contributed by atoms with van der Waals surface area (Å²) >= 11 is 0. The van der Waals surface area contributed by atoms with Crippen molar-refractivity contribution in [3.05, 3.63) is 0 Å². The monoisotopic (exact) mass is 285 g/mol. The fraction of sp³-hybridized carbons (Fsp3) is 0.857. The lowest BCUT2D eigenvalue weighted by Crippen LogP contribution is -2.50. The summed E-state index contributed by atoms with van der Waals surface area (Å²) in [5.41, 5.74) is 5.44. The summed E-state index contributed by atoms with van der Waals surface area (Å²) < 4.78 is 5.91. The quantitative estimate of drug-likeness (QED) is 0.706. The topological polar surface area (TPSA) is 93.4 Å². The number of nitrogens with one attached hydrogen (secondary N) is 2. The predicted octanol–water partition coefficient (Wildman–Crippen LogP) is 1.14. The minimum absolute atomic E-state index is 0.404. The maximum Gasteiger partial charge on any atom is 0.321 e. The van der Waals surface area contributed by atoms with Crippen LogP contribution in [0, 0.1) is 5.92 Å². The number of rotatable bonds is 5. The second kappa shape index (κ2) is 7.59. The SMILES string of the molecule is CCC1CCC(CN)(OC(C)C(=O)NC(=O)NC)CC1. The molecule has 20 heavy (non-hydrogen) atoms. The number of hydrogen-bond donors (Lipinski definition) is 3. The van der Waals surface area contributed by atoms with Gasteiger partial charge < -0.3 is 15.8 Å². The van der Waals surface area contributed by atoms with E-state index >= 15 is 0 Å². The first-order valence-corrected chi connectivity index (χ1v) is 7.36. The summed E-state index contributed by atoms with van der Waals surface area (Å²) in [5, 5.41) is 4.57. The van der Waals surface area contributed by atoms with Crippen LogP contribution >= 0.6 is 0 Å². The molecule has 0 radical (unpaired) electrons. The first-order valence-electron chi connectivity index (χ1n) is 7.36. The molecule has 0 aromatic heterocycles. The van der Waals surface area contributed by atoms with Gasteiger partial charge >= 0.3 is 6.03 Å². The Balaban J connectivity index is 2.55. The van der Waals surface area contributed by atoms with E-state index in [0.29, 0.717) is 6.54 Å². The van der Waals surface area contributed by atoms with E-state index in [0.717, 1.165) is 31.6 Å². The van der Waals surface area contributed by atoms with E-state index in [9.17, 15) is 9.59 Å². The minimum atomic E-state index is -0.686. The highest BCUT2D eigenvalue weighted by Gasteiger charge is 2.37. The van der Waals surface area contributed by atoms with E-state index in [1.54, 1.807) is 6.92 Å². The Bertz CT molecular complexity index is 339. The van der Waals surface area contributed by atoms with Crippen LogP contribution in [0.5, 0.6) is 0 Å². The summed E-state index contributed by atoms with van der Waals surface area (Å²) in [6.07, 6.45) is 4.40. The molecule has 1 saturated carbocycles. The molecule has 0 bridgehead atoms. The van der Waals surface area contributed by atoms with Gasteiger partial charge in [-0.2, -0.15) is 0 Å². The standard InChI is InChI=1S/C14H27N3O3/c1-4-11-5-7-14(9-15,8-6-11)20-10(2)12(18)17-13(19)16-3/h10-11H,4-9,15H2,1-3H3,(H2,16,17,18,19). The number of imide groups is 1. The van der Waals surface area contributed by atoms with E-state index in [4.69, 9.17) is 10.5 Å². The van der Waals surface area contributed by atoms with Crippen molar-refractivity contribution in [1.82, 2.24) is 10.6 Å². The smallest absolute Gasteiger partial charge is 0.321 e. The maximum atomic E-state index is 11.8. The molecule has 1 aliphatic rings. The number of carbonyl (C=O) groups excluding carboxylic acids is 2. The van der Waals surface area contributed by atoms with Gasteiger partial charge in [0.05, 0.1) is 5.60 Å². The van der Waals surface area contributed by atoms with E-state index in [1.165, 1.54) is 13.5 Å². The Morgan fingerprint density at radius 3 is 2.45 bits per heavy atom. The zero-order chi connectivity index (χ0) is 15.2. The largest absolute Gasteiger partial charge is 0.361 e. The molecule has 0 aromatic carbocycles. The lowest BCUT2D eigenvalue weighted by molar-refractivity contribution is -0.149. The Morgan fingerprint density at radius 2 is 2.00 bits per heavy atom. The lowest BCUT2D eigenvalue weighted by atomic mass is 9.77. The summed E-state index contributed by atoms with van der Waals surface area (Å²) in [5.74, 6) is 0.295. The van der Waals surface area contributed by atoms with Gasteiger partial charge in [-0.3, -0.25) is 10.1 Å². The summed E-state index contributed by atoms with van der Waals surface area (Å²) in [4.78, 5) is 23.0. The van der Waals surface area contributed by atoms with Gasteiger partial charge in [0.25, 0.3) is 5.91 Å². The van der Waals surface area contributed by atoms with E-state index in [2.05, 4.69) is 17.6 Å². The molecule has 1 rings (SSSR count). The van der Waals surface area contributed by atoms with Crippen LogP contribution in [-0.2, 0) is 9.53 Å². The van der Waals surface area contributed by atoms with Crippen molar-refractivity contribution in [2.45, 2.75) is 57.7 Å². The number of urea groups is 1. The molecule has 116 valence electrons. The van der Waals surface area contributed by atoms with Crippen LogP contribution in [0.3, 0.4) is 0 Å². The number of ether oxygens (including phenoxy) is 1. The van der Waals surface area contributed by atoms with Crippen molar-refractivity contribution < 1.29 is 14.3 Å². The van der Waals surface area contributed by atoms with Crippen LogP contribution in [0.1, 0.15) is 46.0 Å². The molecule has 6 nitrogen and oxygen atoms in total. The number of carbonyl (C=O) groups is 2. The van der Waals surface area contributed by atoms with E-state index in [1.807, 2.05) is 0 Å². The van der Waals surface area contributed by atoms with E-state index in [-0.39, 0.29) is 0 Å². The normalized spacial score (nSPS) is 27.7. The second-order valence-electron chi connectivity index (χ2n) is 5.57. The Kier molecular flexibility index (Phi) is 6.42. The highest BCUT2D eigenvalue weighted by Crippen LogP contribution is 2.36. The van der Waals surface area contributed by atoms with Crippen LogP contribution in [0.25, 0.3) is 0 Å². The van der Waals surface area contributed by atoms with Crippen LogP contribution in [-0.4, -0.2) is 37.2 Å². The van der Waals surface area contributed by atoms with Gasteiger partial charge in [-0.25, -0.2) is 4.79 Å². The molecule has 0 spiro atoms. The molecular formula is C14H27N3O3. The molecule has 0 saturated heterocycles. The summed E-state index contributed by atoms with van der Waals surface area (Å²) in [6.45, 7) is 4.25. The fourth-order valence-electron chi connectivity index (χ4n) is 2.69. The van der Waals surface area contributed by atoms with Gasteiger partial charge in [0, 0.05) is 13.6 Å². The van der Waals surface area contributed by atoms with Gasteiger partial charge in [0.1, 0.15) is 6.10 Å². The maximum absolute atomic E-state index is 11.8. The zero-order valence-corrected chi connectivity index (χ0v) is 12.7. The third-order valence-electron chi connectivity index (χ3n) is 4.23. The molecular weight excluding hydrogens is 258 g/mol.